The van der Waals surface area contributed by atoms with Crippen molar-refractivity contribution in [1.29, 1.82) is 0 Å². The maximum atomic E-state index is 13.3. The summed E-state index contributed by atoms with van der Waals surface area (Å²) in [7, 11) is 0. The average Bonchev–Trinajstić information content (AvgIpc) is 2.33. The molecule has 0 bridgehead atoms. The van der Waals surface area contributed by atoms with E-state index in [1.165, 1.54) is 12.3 Å². The highest BCUT2D eigenvalue weighted by molar-refractivity contribution is 5.73. The van der Waals surface area contributed by atoms with E-state index >= 15 is 0 Å². The van der Waals surface area contributed by atoms with Crippen molar-refractivity contribution >= 4 is 6.29 Å². The van der Waals surface area contributed by atoms with Crippen molar-refractivity contribution in [3.8, 4) is 0 Å². The van der Waals surface area contributed by atoms with Gasteiger partial charge in [-0.05, 0) is 23.8 Å². The summed E-state index contributed by atoms with van der Waals surface area (Å²) in [6, 6.07) is 10.0. The Kier molecular flexibility index (Phi) is 3.05. The van der Waals surface area contributed by atoms with Gasteiger partial charge in [-0.1, -0.05) is 18.2 Å². The van der Waals surface area contributed by atoms with Gasteiger partial charge in [-0.15, -0.1) is 0 Å². The predicted molar refractivity (Wildman–Crippen MR) is 58.8 cm³/mol. The quantitative estimate of drug-likeness (QED) is 0.737. The van der Waals surface area contributed by atoms with Crippen LogP contribution in [0, 0.1) is 5.82 Å². The zero-order valence-electron chi connectivity index (χ0n) is 8.56. The lowest BCUT2D eigenvalue weighted by Gasteiger charge is -2.02. The van der Waals surface area contributed by atoms with Gasteiger partial charge in [0.15, 0.2) is 6.29 Å². The van der Waals surface area contributed by atoms with Gasteiger partial charge in [0.05, 0.1) is 0 Å². The topological polar surface area (TPSA) is 30.0 Å². The monoisotopic (exact) mass is 215 g/mol. The SMILES string of the molecule is O=Cc1ccc(Cc2ccccc2F)nc1. The van der Waals surface area contributed by atoms with Crippen LogP contribution in [-0.2, 0) is 6.42 Å². The zero-order chi connectivity index (χ0) is 11.4. The fraction of sp³-hybridized carbons (Fsp3) is 0.0769. The van der Waals surface area contributed by atoms with E-state index in [0.29, 0.717) is 17.5 Å². The largest absolute Gasteiger partial charge is 0.298 e. The number of carbonyl (C=O) groups excluding carboxylic acids is 1. The molecule has 3 heteroatoms. The van der Waals surface area contributed by atoms with Gasteiger partial charge in [0, 0.05) is 23.9 Å². The third-order valence-corrected chi connectivity index (χ3v) is 2.31. The number of hydrogen-bond donors (Lipinski definition) is 0. The molecule has 16 heavy (non-hydrogen) atoms. The molecule has 0 aliphatic rings. The van der Waals surface area contributed by atoms with E-state index in [2.05, 4.69) is 4.98 Å². The number of rotatable bonds is 3. The number of aromatic nitrogens is 1. The standard InChI is InChI=1S/C13H10FNO/c14-13-4-2-1-3-11(13)7-12-6-5-10(9-16)8-15-12/h1-6,8-9H,7H2. The van der Waals surface area contributed by atoms with Crippen molar-refractivity contribution in [2.24, 2.45) is 0 Å². The molecule has 0 N–H and O–H groups in total. The van der Waals surface area contributed by atoms with Gasteiger partial charge in [-0.2, -0.15) is 0 Å². The molecule has 0 unspecified atom stereocenters. The Morgan fingerprint density at radius 2 is 2.00 bits per heavy atom. The van der Waals surface area contributed by atoms with Crippen LogP contribution < -0.4 is 0 Å². The first-order valence-electron chi connectivity index (χ1n) is 4.93. The third kappa shape index (κ3) is 2.31. The number of pyridine rings is 1. The van der Waals surface area contributed by atoms with Crippen molar-refractivity contribution < 1.29 is 9.18 Å². The van der Waals surface area contributed by atoms with Crippen molar-refractivity contribution in [2.45, 2.75) is 6.42 Å². The molecule has 0 atom stereocenters. The van der Waals surface area contributed by atoms with Crippen molar-refractivity contribution in [3.05, 3.63) is 65.2 Å². The van der Waals surface area contributed by atoms with E-state index in [0.717, 1.165) is 12.0 Å². The predicted octanol–water partition coefficient (Wildman–Crippen LogP) is 2.62. The van der Waals surface area contributed by atoms with E-state index in [1.807, 2.05) is 0 Å². The Bertz CT molecular complexity index is 494. The van der Waals surface area contributed by atoms with Crippen molar-refractivity contribution in [2.75, 3.05) is 0 Å². The van der Waals surface area contributed by atoms with Crippen LogP contribution in [0.3, 0.4) is 0 Å². The van der Waals surface area contributed by atoms with Crippen LogP contribution in [0.1, 0.15) is 21.6 Å². The maximum Gasteiger partial charge on any atom is 0.151 e. The molecule has 0 aliphatic carbocycles. The van der Waals surface area contributed by atoms with Gasteiger partial charge >= 0.3 is 0 Å². The van der Waals surface area contributed by atoms with E-state index in [9.17, 15) is 9.18 Å². The Labute approximate surface area is 92.8 Å². The molecule has 0 saturated carbocycles. The lowest BCUT2D eigenvalue weighted by Crippen LogP contribution is -1.95. The molecule has 2 rings (SSSR count). The molecule has 1 heterocycles. The second-order valence-electron chi connectivity index (χ2n) is 3.47. The minimum atomic E-state index is -0.233. The van der Waals surface area contributed by atoms with Crippen LogP contribution in [-0.4, -0.2) is 11.3 Å². The fourth-order valence-electron chi connectivity index (χ4n) is 1.45. The lowest BCUT2D eigenvalue weighted by molar-refractivity contribution is 0.112. The second kappa shape index (κ2) is 4.66. The first-order chi connectivity index (χ1) is 7.79. The summed E-state index contributed by atoms with van der Waals surface area (Å²) in [5.74, 6) is -0.233. The van der Waals surface area contributed by atoms with E-state index in [1.54, 1.807) is 30.3 Å². The normalized spacial score (nSPS) is 10.1. The van der Waals surface area contributed by atoms with Crippen LogP contribution in [0.15, 0.2) is 42.6 Å². The molecule has 2 aromatic rings. The first-order valence-corrected chi connectivity index (χ1v) is 4.93. The van der Waals surface area contributed by atoms with E-state index < -0.39 is 0 Å². The first kappa shape index (κ1) is 10.5. The molecule has 0 amide bonds. The zero-order valence-corrected chi connectivity index (χ0v) is 8.56. The molecular formula is C13H10FNO. The molecule has 0 aliphatic heterocycles. The van der Waals surface area contributed by atoms with Crippen LogP contribution in [0.5, 0.6) is 0 Å². The summed E-state index contributed by atoms with van der Waals surface area (Å²) in [6.07, 6.45) is 2.66. The number of aldehydes is 1. The fourth-order valence-corrected chi connectivity index (χ4v) is 1.45. The molecule has 0 saturated heterocycles. The van der Waals surface area contributed by atoms with Crippen LogP contribution in [0.2, 0.25) is 0 Å². The number of nitrogens with zero attached hydrogens (tertiary/aromatic N) is 1. The number of hydrogen-bond acceptors (Lipinski definition) is 2. The number of carbonyl (C=O) groups is 1. The van der Waals surface area contributed by atoms with E-state index in [4.69, 9.17) is 0 Å². The molecule has 0 fully saturated rings. The Morgan fingerprint density at radius 1 is 1.19 bits per heavy atom. The van der Waals surface area contributed by atoms with Crippen LogP contribution >= 0.6 is 0 Å². The third-order valence-electron chi connectivity index (χ3n) is 2.31. The van der Waals surface area contributed by atoms with Gasteiger partial charge < -0.3 is 0 Å². The molecule has 2 nitrogen and oxygen atoms in total. The molecule has 80 valence electrons. The summed E-state index contributed by atoms with van der Waals surface area (Å²) in [6.45, 7) is 0. The highest BCUT2D eigenvalue weighted by Crippen LogP contribution is 2.11. The second-order valence-corrected chi connectivity index (χ2v) is 3.47. The minimum absolute atomic E-state index is 0.233. The summed E-state index contributed by atoms with van der Waals surface area (Å²) < 4.78 is 13.3. The van der Waals surface area contributed by atoms with Gasteiger partial charge in [-0.25, -0.2) is 4.39 Å². The van der Waals surface area contributed by atoms with Crippen molar-refractivity contribution in [1.82, 2.24) is 4.98 Å². The summed E-state index contributed by atoms with van der Waals surface area (Å²) in [5, 5.41) is 0. The highest BCUT2D eigenvalue weighted by Gasteiger charge is 2.02. The van der Waals surface area contributed by atoms with Gasteiger partial charge in [-0.3, -0.25) is 9.78 Å². The van der Waals surface area contributed by atoms with E-state index in [-0.39, 0.29) is 5.82 Å². The summed E-state index contributed by atoms with van der Waals surface area (Å²) in [4.78, 5) is 14.5. The Hall–Kier alpha value is -2.03. The Balaban J connectivity index is 2.21. The lowest BCUT2D eigenvalue weighted by atomic mass is 10.1. The molecule has 0 spiro atoms. The summed E-state index contributed by atoms with van der Waals surface area (Å²) >= 11 is 0. The minimum Gasteiger partial charge on any atom is -0.298 e. The van der Waals surface area contributed by atoms with Crippen molar-refractivity contribution in [3.63, 3.8) is 0 Å². The highest BCUT2D eigenvalue weighted by atomic mass is 19.1. The molecule has 0 radical (unpaired) electrons. The number of halogens is 1. The Morgan fingerprint density at radius 3 is 2.62 bits per heavy atom. The average molecular weight is 215 g/mol. The van der Waals surface area contributed by atoms with Gasteiger partial charge in [0.1, 0.15) is 5.82 Å². The number of benzene rings is 1. The molecule has 1 aromatic heterocycles. The van der Waals surface area contributed by atoms with Crippen LogP contribution in [0.25, 0.3) is 0 Å². The molecule has 1 aromatic carbocycles. The molecular weight excluding hydrogens is 205 g/mol. The van der Waals surface area contributed by atoms with Gasteiger partial charge in [0.25, 0.3) is 0 Å². The smallest absolute Gasteiger partial charge is 0.151 e. The maximum absolute atomic E-state index is 13.3. The van der Waals surface area contributed by atoms with Gasteiger partial charge in [0.2, 0.25) is 0 Å². The summed E-state index contributed by atoms with van der Waals surface area (Å²) in [5.41, 5.74) is 1.88. The van der Waals surface area contributed by atoms with Crippen LogP contribution in [0.4, 0.5) is 4.39 Å².